The van der Waals surface area contributed by atoms with Gasteiger partial charge in [0.2, 0.25) is 0 Å². The fourth-order valence-electron chi connectivity index (χ4n) is 2.45. The van der Waals surface area contributed by atoms with Gasteiger partial charge in [-0.3, -0.25) is 9.59 Å². The molecule has 6 heteroatoms. The van der Waals surface area contributed by atoms with Gasteiger partial charge in [-0.15, -0.1) is 11.6 Å². The Morgan fingerprint density at radius 3 is 2.42 bits per heavy atom. The van der Waals surface area contributed by atoms with Crippen LogP contribution in [0, 0.1) is 6.92 Å². The van der Waals surface area contributed by atoms with Gasteiger partial charge in [0, 0.05) is 0 Å². The first-order valence-electron chi connectivity index (χ1n) is 7.33. The van der Waals surface area contributed by atoms with E-state index >= 15 is 0 Å². The largest absolute Gasteiger partial charge is 0.494 e. The Morgan fingerprint density at radius 1 is 1.08 bits per heavy atom. The fraction of sp³-hybridized carbons (Fsp3) is 0.167. The molecule has 0 aromatic heterocycles. The van der Waals surface area contributed by atoms with E-state index < -0.39 is 17.2 Å². The minimum Gasteiger partial charge on any atom is -0.494 e. The van der Waals surface area contributed by atoms with Gasteiger partial charge < -0.3 is 4.74 Å². The highest BCUT2D eigenvalue weighted by Gasteiger charge is 2.44. The van der Waals surface area contributed by atoms with Gasteiger partial charge in [-0.1, -0.05) is 29.8 Å². The molecule has 2 aromatic rings. The van der Waals surface area contributed by atoms with Gasteiger partial charge in [0.15, 0.2) is 5.38 Å². The number of carbonyl (C=O) groups excluding carboxylic acids is 2. The van der Waals surface area contributed by atoms with E-state index in [0.717, 1.165) is 10.5 Å². The summed E-state index contributed by atoms with van der Waals surface area (Å²) in [5.41, 5.74) is 1.95. The third-order valence-electron chi connectivity index (χ3n) is 3.72. The molecule has 0 bridgehead atoms. The van der Waals surface area contributed by atoms with Gasteiger partial charge in [-0.25, -0.2) is 9.89 Å². The summed E-state index contributed by atoms with van der Waals surface area (Å²) in [5.74, 6) is -0.517. The lowest BCUT2D eigenvalue weighted by atomic mass is 10.2. The van der Waals surface area contributed by atoms with Crippen molar-refractivity contribution in [3.05, 3.63) is 54.1 Å². The summed E-state index contributed by atoms with van der Waals surface area (Å²) in [4.78, 5) is 30.4. The van der Waals surface area contributed by atoms with Crippen LogP contribution in [0.25, 0.3) is 0 Å². The molecule has 1 aliphatic rings. The van der Waals surface area contributed by atoms with Gasteiger partial charge in [-0.05, 0) is 31.2 Å². The average molecular weight is 343 g/mol. The number of benzene rings is 2. The number of aliphatic imine (C=N–C) groups is 1. The summed E-state index contributed by atoms with van der Waals surface area (Å²) in [6.45, 7) is 1.93. The molecule has 0 saturated carbocycles. The Labute approximate surface area is 144 Å². The second-order valence-corrected chi connectivity index (χ2v) is 5.78. The Bertz CT molecular complexity index is 830. The zero-order valence-corrected chi connectivity index (χ0v) is 13.9. The van der Waals surface area contributed by atoms with Gasteiger partial charge in [0.05, 0.1) is 12.8 Å². The highest BCUT2D eigenvalue weighted by atomic mass is 35.5. The number of halogens is 1. The van der Waals surface area contributed by atoms with Crippen molar-refractivity contribution in [3.63, 3.8) is 0 Å². The quantitative estimate of drug-likeness (QED) is 0.635. The van der Waals surface area contributed by atoms with E-state index in [1.165, 1.54) is 7.11 Å². The Hall–Kier alpha value is -2.66. The van der Waals surface area contributed by atoms with E-state index in [1.807, 2.05) is 19.1 Å². The third-order valence-corrected chi connectivity index (χ3v) is 4.11. The zero-order chi connectivity index (χ0) is 17.3. The number of amides is 2. The molecule has 0 aliphatic carbocycles. The molecular formula is C18H15ClN2O3. The molecule has 5 nitrogen and oxygen atoms in total. The summed E-state index contributed by atoms with van der Waals surface area (Å²) >= 11 is 6.16. The Balaban J connectivity index is 2.01. The lowest BCUT2D eigenvalue weighted by molar-refractivity contribution is -0.120. The number of hydrogen-bond donors (Lipinski definition) is 0. The van der Waals surface area contributed by atoms with Crippen LogP contribution in [0.1, 0.15) is 5.56 Å². The maximum atomic E-state index is 12.7. The lowest BCUT2D eigenvalue weighted by Gasteiger charge is -2.13. The molecule has 1 heterocycles. The molecule has 1 atom stereocenters. The molecule has 2 aromatic carbocycles. The zero-order valence-electron chi connectivity index (χ0n) is 13.2. The fourth-order valence-corrected chi connectivity index (χ4v) is 2.69. The van der Waals surface area contributed by atoms with Crippen molar-refractivity contribution < 1.29 is 14.3 Å². The molecule has 1 unspecified atom stereocenters. The normalized spacial score (nSPS) is 19.2. The number of ether oxygens (including phenoxy) is 1. The van der Waals surface area contributed by atoms with Crippen molar-refractivity contribution in [3.8, 4) is 5.75 Å². The molecule has 2 amide bonds. The van der Waals surface area contributed by atoms with Crippen LogP contribution in [0.5, 0.6) is 5.75 Å². The number of anilines is 1. The smallest absolute Gasteiger partial charge is 0.281 e. The number of nitrogens with zero attached hydrogens (tertiary/aromatic N) is 2. The van der Waals surface area contributed by atoms with Crippen molar-refractivity contribution in [1.82, 2.24) is 0 Å². The van der Waals surface area contributed by atoms with Crippen LogP contribution in [0.15, 0.2) is 53.5 Å². The maximum absolute atomic E-state index is 12.7. The molecule has 0 spiro atoms. The standard InChI is InChI=1S/C18H15ClN2O3/c1-11-7-9-12(10-8-11)21-17(22)15(19)16(18(21)23)20-13-5-3-4-6-14(13)24-2/h3-10,15H,1-2H3. The maximum Gasteiger partial charge on any atom is 0.281 e. The SMILES string of the molecule is COc1ccccc1N=C1C(=O)N(c2ccc(C)cc2)C(=O)C1Cl. The topological polar surface area (TPSA) is 59.0 Å². The minimum atomic E-state index is -1.12. The molecule has 122 valence electrons. The Morgan fingerprint density at radius 2 is 1.75 bits per heavy atom. The molecule has 1 aliphatic heterocycles. The number of carbonyl (C=O) groups is 2. The van der Waals surface area contributed by atoms with Crippen LogP contribution in [0.2, 0.25) is 0 Å². The molecule has 1 fully saturated rings. The van der Waals surface area contributed by atoms with Crippen molar-refractivity contribution in [2.75, 3.05) is 12.0 Å². The number of aryl methyl sites for hydroxylation is 1. The van der Waals surface area contributed by atoms with E-state index in [4.69, 9.17) is 16.3 Å². The van der Waals surface area contributed by atoms with Gasteiger partial charge in [-0.2, -0.15) is 0 Å². The van der Waals surface area contributed by atoms with E-state index in [-0.39, 0.29) is 5.71 Å². The van der Waals surface area contributed by atoms with Crippen molar-refractivity contribution in [2.24, 2.45) is 4.99 Å². The number of rotatable bonds is 3. The number of alkyl halides is 1. The van der Waals surface area contributed by atoms with E-state index in [0.29, 0.717) is 17.1 Å². The summed E-state index contributed by atoms with van der Waals surface area (Å²) in [6, 6.07) is 14.1. The monoisotopic (exact) mass is 342 g/mol. The number of methoxy groups -OCH3 is 1. The molecule has 3 rings (SSSR count). The lowest BCUT2D eigenvalue weighted by Crippen LogP contribution is -2.31. The molecular weight excluding hydrogens is 328 g/mol. The number of para-hydroxylation sites is 2. The molecule has 24 heavy (non-hydrogen) atoms. The first kappa shape index (κ1) is 16.2. The van der Waals surface area contributed by atoms with Crippen molar-refractivity contribution in [2.45, 2.75) is 12.3 Å². The number of hydrogen-bond acceptors (Lipinski definition) is 4. The van der Waals surface area contributed by atoms with Crippen molar-refractivity contribution in [1.29, 1.82) is 0 Å². The van der Waals surface area contributed by atoms with E-state index in [9.17, 15) is 9.59 Å². The van der Waals surface area contributed by atoms with Gasteiger partial charge in [0.1, 0.15) is 17.1 Å². The summed E-state index contributed by atoms with van der Waals surface area (Å²) in [5, 5.41) is -1.12. The Kier molecular flexibility index (Phi) is 4.36. The average Bonchev–Trinajstić information content (AvgIpc) is 2.80. The highest BCUT2D eigenvalue weighted by molar-refractivity contribution is 6.68. The van der Waals surface area contributed by atoms with Crippen LogP contribution in [-0.4, -0.2) is 30.0 Å². The second kappa shape index (κ2) is 6.45. The van der Waals surface area contributed by atoms with Crippen LogP contribution < -0.4 is 9.64 Å². The van der Waals surface area contributed by atoms with Gasteiger partial charge in [0.25, 0.3) is 11.8 Å². The molecule has 0 N–H and O–H groups in total. The van der Waals surface area contributed by atoms with Gasteiger partial charge >= 0.3 is 0 Å². The predicted molar refractivity (Wildman–Crippen MR) is 93.4 cm³/mol. The summed E-state index contributed by atoms with van der Waals surface area (Å²) in [7, 11) is 1.51. The highest BCUT2D eigenvalue weighted by Crippen LogP contribution is 2.30. The minimum absolute atomic E-state index is 0.00765. The summed E-state index contributed by atoms with van der Waals surface area (Å²) < 4.78 is 5.22. The van der Waals surface area contributed by atoms with E-state index in [2.05, 4.69) is 4.99 Å². The van der Waals surface area contributed by atoms with Crippen LogP contribution in [-0.2, 0) is 9.59 Å². The first-order valence-corrected chi connectivity index (χ1v) is 7.77. The van der Waals surface area contributed by atoms with Crippen LogP contribution in [0.4, 0.5) is 11.4 Å². The molecule has 0 radical (unpaired) electrons. The second-order valence-electron chi connectivity index (χ2n) is 5.35. The third kappa shape index (κ3) is 2.78. The molecule has 1 saturated heterocycles. The number of imide groups is 1. The van der Waals surface area contributed by atoms with E-state index in [1.54, 1.807) is 36.4 Å². The van der Waals surface area contributed by atoms with Crippen LogP contribution in [0.3, 0.4) is 0 Å². The predicted octanol–water partition coefficient (Wildman–Crippen LogP) is 3.26. The first-order chi connectivity index (χ1) is 11.5. The summed E-state index contributed by atoms with van der Waals surface area (Å²) in [6.07, 6.45) is 0. The van der Waals surface area contributed by atoms with Crippen molar-refractivity contribution >= 4 is 40.5 Å². The van der Waals surface area contributed by atoms with Crippen LogP contribution >= 0.6 is 11.6 Å².